The Morgan fingerprint density at radius 1 is 1.12 bits per heavy atom. The fraction of sp³-hybridized carbons (Fsp3) is 0.333. The van der Waals surface area contributed by atoms with E-state index in [-0.39, 0.29) is 24.5 Å². The van der Waals surface area contributed by atoms with Gasteiger partial charge in [-0.1, -0.05) is 49.4 Å². The molecular weight excluding hydrogens is 328 g/mol. The molecule has 0 aromatic heterocycles. The van der Waals surface area contributed by atoms with E-state index in [0.717, 1.165) is 12.0 Å². The second-order valence-electron chi connectivity index (χ2n) is 6.34. The van der Waals surface area contributed by atoms with E-state index in [4.69, 9.17) is 4.74 Å². The van der Waals surface area contributed by atoms with Gasteiger partial charge >= 0.3 is 0 Å². The molecule has 5 heteroatoms. The largest absolute Gasteiger partial charge is 0.370 e. The SMILES string of the molecule is CCc1ccc(C(=O)NCC(=O)N2CCOC(c3ccccc3)C2)cc1. The Morgan fingerprint density at radius 2 is 1.85 bits per heavy atom. The van der Waals surface area contributed by atoms with E-state index in [2.05, 4.69) is 12.2 Å². The van der Waals surface area contributed by atoms with Crippen LogP contribution in [0, 0.1) is 0 Å². The number of nitrogens with zero attached hydrogens (tertiary/aromatic N) is 1. The summed E-state index contributed by atoms with van der Waals surface area (Å²) in [7, 11) is 0. The van der Waals surface area contributed by atoms with Gasteiger partial charge in [0.2, 0.25) is 5.91 Å². The molecule has 0 spiro atoms. The van der Waals surface area contributed by atoms with Gasteiger partial charge in [-0.05, 0) is 29.7 Å². The lowest BCUT2D eigenvalue weighted by molar-refractivity contribution is -0.137. The van der Waals surface area contributed by atoms with Gasteiger partial charge in [-0.15, -0.1) is 0 Å². The minimum atomic E-state index is -0.228. The van der Waals surface area contributed by atoms with Gasteiger partial charge in [0.15, 0.2) is 0 Å². The fourth-order valence-electron chi connectivity index (χ4n) is 3.01. The molecule has 2 aromatic carbocycles. The fourth-order valence-corrected chi connectivity index (χ4v) is 3.01. The highest BCUT2D eigenvalue weighted by atomic mass is 16.5. The molecule has 1 unspecified atom stereocenters. The number of carbonyl (C=O) groups is 2. The summed E-state index contributed by atoms with van der Waals surface area (Å²) < 4.78 is 5.78. The molecule has 1 fully saturated rings. The summed E-state index contributed by atoms with van der Waals surface area (Å²) in [4.78, 5) is 26.4. The van der Waals surface area contributed by atoms with Crippen LogP contribution in [0.25, 0.3) is 0 Å². The van der Waals surface area contributed by atoms with Crippen LogP contribution in [0.15, 0.2) is 54.6 Å². The third-order valence-corrected chi connectivity index (χ3v) is 4.62. The van der Waals surface area contributed by atoms with Crippen LogP contribution >= 0.6 is 0 Å². The van der Waals surface area contributed by atoms with Crippen molar-refractivity contribution in [2.45, 2.75) is 19.4 Å². The summed E-state index contributed by atoms with van der Waals surface area (Å²) >= 11 is 0. The Morgan fingerprint density at radius 3 is 2.54 bits per heavy atom. The molecule has 0 saturated carbocycles. The van der Waals surface area contributed by atoms with Crippen molar-refractivity contribution in [3.05, 3.63) is 71.3 Å². The molecule has 0 aliphatic carbocycles. The summed E-state index contributed by atoms with van der Waals surface area (Å²) in [6.45, 7) is 3.61. The van der Waals surface area contributed by atoms with Crippen LogP contribution in [0.5, 0.6) is 0 Å². The standard InChI is InChI=1S/C21H24N2O3/c1-2-16-8-10-18(11-9-16)21(25)22-14-20(24)23-12-13-26-19(15-23)17-6-4-3-5-7-17/h3-11,19H,2,12-15H2,1H3,(H,22,25). The van der Waals surface area contributed by atoms with Crippen molar-refractivity contribution in [3.63, 3.8) is 0 Å². The maximum atomic E-state index is 12.5. The Labute approximate surface area is 154 Å². The normalized spacial score (nSPS) is 17.0. The highest BCUT2D eigenvalue weighted by Crippen LogP contribution is 2.21. The van der Waals surface area contributed by atoms with Crippen molar-refractivity contribution in [2.75, 3.05) is 26.2 Å². The average Bonchev–Trinajstić information content (AvgIpc) is 2.72. The van der Waals surface area contributed by atoms with Crippen molar-refractivity contribution in [2.24, 2.45) is 0 Å². The number of aryl methyl sites for hydroxylation is 1. The number of amides is 2. The molecule has 3 rings (SSSR count). The molecule has 1 aliphatic rings. The first-order valence-corrected chi connectivity index (χ1v) is 8.99. The topological polar surface area (TPSA) is 58.6 Å². The molecule has 136 valence electrons. The van der Waals surface area contributed by atoms with Crippen molar-refractivity contribution in [1.82, 2.24) is 10.2 Å². The second kappa shape index (κ2) is 8.63. The van der Waals surface area contributed by atoms with E-state index < -0.39 is 0 Å². The molecule has 1 heterocycles. The molecular formula is C21H24N2O3. The minimum absolute atomic E-state index is 0.00410. The molecule has 2 amide bonds. The number of carbonyl (C=O) groups excluding carboxylic acids is 2. The van der Waals surface area contributed by atoms with Crippen LogP contribution < -0.4 is 5.32 Å². The summed E-state index contributed by atoms with van der Waals surface area (Å²) in [6.07, 6.45) is 0.811. The van der Waals surface area contributed by atoms with Crippen molar-refractivity contribution < 1.29 is 14.3 Å². The number of benzene rings is 2. The van der Waals surface area contributed by atoms with Gasteiger partial charge in [0.05, 0.1) is 19.7 Å². The first kappa shape index (κ1) is 18.1. The molecule has 26 heavy (non-hydrogen) atoms. The number of hydrogen-bond acceptors (Lipinski definition) is 3. The van der Waals surface area contributed by atoms with Gasteiger partial charge in [0.1, 0.15) is 6.10 Å². The van der Waals surface area contributed by atoms with Gasteiger partial charge in [-0.2, -0.15) is 0 Å². The van der Waals surface area contributed by atoms with Crippen LogP contribution in [0.1, 0.15) is 34.5 Å². The van der Waals surface area contributed by atoms with Crippen LogP contribution in [0.2, 0.25) is 0 Å². The van der Waals surface area contributed by atoms with E-state index >= 15 is 0 Å². The zero-order valence-corrected chi connectivity index (χ0v) is 15.0. The molecule has 1 N–H and O–H groups in total. The number of ether oxygens (including phenoxy) is 1. The van der Waals surface area contributed by atoms with E-state index in [1.807, 2.05) is 42.5 Å². The average molecular weight is 352 g/mol. The molecule has 5 nitrogen and oxygen atoms in total. The Balaban J connectivity index is 1.53. The monoisotopic (exact) mass is 352 g/mol. The Hall–Kier alpha value is -2.66. The summed E-state index contributed by atoms with van der Waals surface area (Å²) in [6, 6.07) is 17.3. The van der Waals surface area contributed by atoms with Crippen molar-refractivity contribution >= 4 is 11.8 Å². The van der Waals surface area contributed by atoms with E-state index in [1.54, 1.807) is 17.0 Å². The Kier molecular flexibility index (Phi) is 6.02. The zero-order valence-electron chi connectivity index (χ0n) is 15.0. The molecule has 0 radical (unpaired) electrons. The maximum Gasteiger partial charge on any atom is 0.251 e. The number of hydrogen-bond donors (Lipinski definition) is 1. The third kappa shape index (κ3) is 4.49. The van der Waals surface area contributed by atoms with Crippen LogP contribution in [-0.2, 0) is 16.0 Å². The first-order chi connectivity index (χ1) is 12.7. The number of morpholine rings is 1. The summed E-state index contributed by atoms with van der Waals surface area (Å²) in [5.74, 6) is -0.318. The quantitative estimate of drug-likeness (QED) is 0.900. The van der Waals surface area contributed by atoms with Crippen molar-refractivity contribution in [3.8, 4) is 0 Å². The van der Waals surface area contributed by atoms with Crippen LogP contribution in [0.3, 0.4) is 0 Å². The highest BCUT2D eigenvalue weighted by molar-refractivity contribution is 5.96. The minimum Gasteiger partial charge on any atom is -0.370 e. The van der Waals surface area contributed by atoms with Crippen molar-refractivity contribution in [1.29, 1.82) is 0 Å². The zero-order chi connectivity index (χ0) is 18.4. The lowest BCUT2D eigenvalue weighted by atomic mass is 10.1. The van der Waals surface area contributed by atoms with Gasteiger partial charge in [0.25, 0.3) is 5.91 Å². The van der Waals surface area contributed by atoms with Gasteiger partial charge < -0.3 is 15.0 Å². The van der Waals surface area contributed by atoms with Gasteiger partial charge in [0, 0.05) is 12.1 Å². The molecule has 1 saturated heterocycles. The highest BCUT2D eigenvalue weighted by Gasteiger charge is 2.25. The lowest BCUT2D eigenvalue weighted by Crippen LogP contribution is -2.46. The van der Waals surface area contributed by atoms with E-state index in [9.17, 15) is 9.59 Å². The summed E-state index contributed by atoms with van der Waals surface area (Å²) in [5.41, 5.74) is 2.81. The van der Waals surface area contributed by atoms with E-state index in [0.29, 0.717) is 25.3 Å². The number of rotatable bonds is 5. The second-order valence-corrected chi connectivity index (χ2v) is 6.34. The first-order valence-electron chi connectivity index (χ1n) is 8.99. The van der Waals surface area contributed by atoms with Crippen LogP contribution in [-0.4, -0.2) is 43.0 Å². The molecule has 1 aliphatic heterocycles. The molecule has 2 aromatic rings. The van der Waals surface area contributed by atoms with Crippen LogP contribution in [0.4, 0.5) is 0 Å². The number of nitrogens with one attached hydrogen (secondary N) is 1. The third-order valence-electron chi connectivity index (χ3n) is 4.62. The summed E-state index contributed by atoms with van der Waals surface area (Å²) in [5, 5.41) is 2.72. The predicted octanol–water partition coefficient (Wildman–Crippen LogP) is 2.58. The predicted molar refractivity (Wildman–Crippen MR) is 99.9 cm³/mol. The van der Waals surface area contributed by atoms with Gasteiger partial charge in [-0.3, -0.25) is 9.59 Å². The van der Waals surface area contributed by atoms with E-state index in [1.165, 1.54) is 5.56 Å². The Bertz CT molecular complexity index is 744. The molecule has 1 atom stereocenters. The molecule has 0 bridgehead atoms. The van der Waals surface area contributed by atoms with Gasteiger partial charge in [-0.25, -0.2) is 0 Å². The lowest BCUT2D eigenvalue weighted by Gasteiger charge is -2.33. The smallest absolute Gasteiger partial charge is 0.251 e. The maximum absolute atomic E-state index is 12.5.